The minimum absolute atomic E-state index is 0.214. The molecule has 0 saturated heterocycles. The maximum Gasteiger partial charge on any atom is 0.255 e. The van der Waals surface area contributed by atoms with Gasteiger partial charge in [-0.1, -0.05) is 41.9 Å². The Morgan fingerprint density at radius 2 is 1.71 bits per heavy atom. The second kappa shape index (κ2) is 5.46. The number of nitrogens with two attached hydrogens (primary N) is 1. The van der Waals surface area contributed by atoms with Gasteiger partial charge in [-0.05, 0) is 41.1 Å². The van der Waals surface area contributed by atoms with Crippen molar-refractivity contribution in [3.8, 4) is 0 Å². The van der Waals surface area contributed by atoms with Crippen LogP contribution >= 0.6 is 11.6 Å². The number of amides is 1. The van der Waals surface area contributed by atoms with Crippen LogP contribution in [0.1, 0.15) is 10.4 Å². The lowest BCUT2D eigenvalue weighted by molar-refractivity contribution is 0.102. The molecule has 3 aromatic carbocycles. The molecule has 3 nitrogen and oxygen atoms in total. The third-order valence-electron chi connectivity index (χ3n) is 3.27. The quantitative estimate of drug-likeness (QED) is 0.692. The number of fused-ring (bicyclic) bond motifs is 1. The molecule has 0 fully saturated rings. The smallest absolute Gasteiger partial charge is 0.255 e. The molecule has 0 saturated carbocycles. The van der Waals surface area contributed by atoms with Crippen LogP contribution in [0, 0.1) is 0 Å². The molecule has 0 unspecified atom stereocenters. The Bertz CT molecular complexity index is 830. The van der Waals surface area contributed by atoms with Crippen molar-refractivity contribution in [3.63, 3.8) is 0 Å². The molecule has 0 bridgehead atoms. The van der Waals surface area contributed by atoms with Gasteiger partial charge in [0.1, 0.15) is 0 Å². The maximum absolute atomic E-state index is 12.2. The molecule has 0 aliphatic carbocycles. The summed E-state index contributed by atoms with van der Waals surface area (Å²) in [6, 6.07) is 18.6. The van der Waals surface area contributed by atoms with Crippen LogP contribution in [-0.4, -0.2) is 5.91 Å². The lowest BCUT2D eigenvalue weighted by atomic mass is 10.1. The molecule has 0 spiro atoms. The zero-order valence-corrected chi connectivity index (χ0v) is 11.9. The first-order chi connectivity index (χ1) is 10.1. The second-order valence-electron chi connectivity index (χ2n) is 4.75. The molecule has 0 aliphatic rings. The number of carbonyl (C=O) groups is 1. The Kier molecular flexibility index (Phi) is 3.50. The summed E-state index contributed by atoms with van der Waals surface area (Å²) in [6.07, 6.45) is 0. The summed E-state index contributed by atoms with van der Waals surface area (Å²) in [4.78, 5) is 12.2. The molecule has 0 heterocycles. The number of hydrogen-bond acceptors (Lipinski definition) is 2. The first-order valence-electron chi connectivity index (χ1n) is 6.49. The molecule has 3 N–H and O–H groups in total. The summed E-state index contributed by atoms with van der Waals surface area (Å²) in [5.74, 6) is -0.214. The predicted octanol–water partition coefficient (Wildman–Crippen LogP) is 4.33. The molecule has 0 radical (unpaired) electrons. The topological polar surface area (TPSA) is 55.1 Å². The van der Waals surface area contributed by atoms with Gasteiger partial charge in [0.25, 0.3) is 5.91 Å². The molecular formula is C17H13ClN2O. The van der Waals surface area contributed by atoms with Crippen molar-refractivity contribution in [2.24, 2.45) is 0 Å². The first kappa shape index (κ1) is 13.5. The van der Waals surface area contributed by atoms with Crippen LogP contribution in [0.25, 0.3) is 10.8 Å². The van der Waals surface area contributed by atoms with Crippen LogP contribution in [0.3, 0.4) is 0 Å². The SMILES string of the molecule is Nc1cc(C(=O)Nc2ccc3ccccc3c2)ccc1Cl. The number of carbonyl (C=O) groups excluding carboxylic acids is 1. The van der Waals surface area contributed by atoms with Gasteiger partial charge in [0, 0.05) is 11.3 Å². The van der Waals surface area contributed by atoms with Gasteiger partial charge in [-0.2, -0.15) is 0 Å². The fraction of sp³-hybridized carbons (Fsp3) is 0. The fourth-order valence-electron chi connectivity index (χ4n) is 2.16. The summed E-state index contributed by atoms with van der Waals surface area (Å²) in [5, 5.41) is 5.51. The number of rotatable bonds is 2. The largest absolute Gasteiger partial charge is 0.398 e. The highest BCUT2D eigenvalue weighted by molar-refractivity contribution is 6.33. The van der Waals surface area contributed by atoms with Gasteiger partial charge in [-0.3, -0.25) is 4.79 Å². The van der Waals surface area contributed by atoms with E-state index >= 15 is 0 Å². The summed E-state index contributed by atoms with van der Waals surface area (Å²) in [6.45, 7) is 0. The number of halogens is 1. The van der Waals surface area contributed by atoms with E-state index < -0.39 is 0 Å². The summed E-state index contributed by atoms with van der Waals surface area (Å²) in [7, 11) is 0. The van der Waals surface area contributed by atoms with Gasteiger partial charge in [0.15, 0.2) is 0 Å². The van der Waals surface area contributed by atoms with Crippen molar-refractivity contribution < 1.29 is 4.79 Å². The molecule has 1 amide bonds. The van der Waals surface area contributed by atoms with E-state index in [2.05, 4.69) is 5.32 Å². The highest BCUT2D eigenvalue weighted by Gasteiger charge is 2.08. The van der Waals surface area contributed by atoms with E-state index in [9.17, 15) is 4.79 Å². The lowest BCUT2D eigenvalue weighted by Crippen LogP contribution is -2.12. The van der Waals surface area contributed by atoms with E-state index in [0.717, 1.165) is 16.5 Å². The van der Waals surface area contributed by atoms with Crippen LogP contribution in [0.2, 0.25) is 5.02 Å². The number of anilines is 2. The van der Waals surface area contributed by atoms with Gasteiger partial charge in [-0.15, -0.1) is 0 Å². The molecule has 0 atom stereocenters. The maximum atomic E-state index is 12.2. The molecule has 3 aromatic rings. The monoisotopic (exact) mass is 296 g/mol. The molecule has 21 heavy (non-hydrogen) atoms. The average Bonchev–Trinajstić information content (AvgIpc) is 2.50. The van der Waals surface area contributed by atoms with Crippen molar-refractivity contribution in [1.82, 2.24) is 0 Å². The minimum atomic E-state index is -0.214. The number of benzene rings is 3. The van der Waals surface area contributed by atoms with E-state index in [0.29, 0.717) is 16.3 Å². The zero-order chi connectivity index (χ0) is 14.8. The standard InChI is InChI=1S/C17H13ClN2O/c18-15-8-6-13(10-16(15)19)17(21)20-14-7-5-11-3-1-2-4-12(11)9-14/h1-10H,19H2,(H,20,21). The Morgan fingerprint density at radius 1 is 0.952 bits per heavy atom. The van der Waals surface area contributed by atoms with E-state index in [4.69, 9.17) is 17.3 Å². The minimum Gasteiger partial charge on any atom is -0.398 e. The summed E-state index contributed by atoms with van der Waals surface area (Å²) < 4.78 is 0. The Hall–Kier alpha value is -2.52. The zero-order valence-electron chi connectivity index (χ0n) is 11.1. The lowest BCUT2D eigenvalue weighted by Gasteiger charge is -2.08. The third kappa shape index (κ3) is 2.83. The predicted molar refractivity (Wildman–Crippen MR) is 87.8 cm³/mol. The van der Waals surface area contributed by atoms with Gasteiger partial charge in [0.05, 0.1) is 10.7 Å². The van der Waals surface area contributed by atoms with E-state index in [-0.39, 0.29) is 5.91 Å². The highest BCUT2D eigenvalue weighted by Crippen LogP contribution is 2.22. The third-order valence-corrected chi connectivity index (χ3v) is 3.61. The van der Waals surface area contributed by atoms with Gasteiger partial charge in [-0.25, -0.2) is 0 Å². The Balaban J connectivity index is 1.87. The van der Waals surface area contributed by atoms with Crippen LogP contribution < -0.4 is 11.1 Å². The summed E-state index contributed by atoms with van der Waals surface area (Å²) >= 11 is 5.85. The Morgan fingerprint density at radius 3 is 2.48 bits per heavy atom. The van der Waals surface area contributed by atoms with Crippen LogP contribution in [0.15, 0.2) is 60.7 Å². The Labute approximate surface area is 127 Å². The van der Waals surface area contributed by atoms with E-state index in [1.165, 1.54) is 0 Å². The molecule has 104 valence electrons. The van der Waals surface area contributed by atoms with Crippen LogP contribution in [0.4, 0.5) is 11.4 Å². The number of nitrogens with one attached hydrogen (secondary N) is 1. The molecule has 4 heteroatoms. The van der Waals surface area contributed by atoms with Crippen molar-refractivity contribution >= 4 is 39.7 Å². The molecule has 0 aromatic heterocycles. The first-order valence-corrected chi connectivity index (χ1v) is 6.86. The normalized spacial score (nSPS) is 10.5. The van der Waals surface area contributed by atoms with Crippen molar-refractivity contribution in [3.05, 3.63) is 71.2 Å². The molecule has 3 rings (SSSR count). The fourth-order valence-corrected chi connectivity index (χ4v) is 2.27. The van der Waals surface area contributed by atoms with Crippen molar-refractivity contribution in [2.45, 2.75) is 0 Å². The van der Waals surface area contributed by atoms with Crippen molar-refractivity contribution in [2.75, 3.05) is 11.1 Å². The van der Waals surface area contributed by atoms with Gasteiger partial charge < -0.3 is 11.1 Å². The van der Waals surface area contributed by atoms with Crippen LogP contribution in [0.5, 0.6) is 0 Å². The number of hydrogen-bond donors (Lipinski definition) is 2. The van der Waals surface area contributed by atoms with Crippen LogP contribution in [-0.2, 0) is 0 Å². The number of nitrogen functional groups attached to an aromatic ring is 1. The van der Waals surface area contributed by atoms with E-state index in [1.807, 2.05) is 42.5 Å². The molecule has 0 aliphatic heterocycles. The second-order valence-corrected chi connectivity index (χ2v) is 5.16. The van der Waals surface area contributed by atoms with Gasteiger partial charge in [0.2, 0.25) is 0 Å². The average molecular weight is 297 g/mol. The van der Waals surface area contributed by atoms with Gasteiger partial charge >= 0.3 is 0 Å². The highest BCUT2D eigenvalue weighted by atomic mass is 35.5. The molecular weight excluding hydrogens is 284 g/mol. The van der Waals surface area contributed by atoms with Crippen molar-refractivity contribution in [1.29, 1.82) is 0 Å². The summed E-state index contributed by atoms with van der Waals surface area (Å²) in [5.41, 5.74) is 7.33. The van der Waals surface area contributed by atoms with E-state index in [1.54, 1.807) is 18.2 Å².